The smallest absolute Gasteiger partial charge is 0.338 e. The maximum atomic E-state index is 12.1. The lowest BCUT2D eigenvalue weighted by atomic mass is 10.0. The number of ether oxygens (including phenoxy) is 1. The molecule has 0 saturated carbocycles. The highest BCUT2D eigenvalue weighted by Crippen LogP contribution is 2.26. The summed E-state index contributed by atoms with van der Waals surface area (Å²) in [5.74, 6) is -0.144. The normalized spacial score (nSPS) is 12.9. The molecule has 2 aromatic heterocycles. The van der Waals surface area contributed by atoms with Crippen molar-refractivity contribution in [1.82, 2.24) is 19.6 Å². The molecule has 0 radical (unpaired) electrons. The minimum Gasteiger partial charge on any atom is -0.465 e. The number of aromatic nitrogens is 4. The minimum absolute atomic E-state index is 0.0973. The van der Waals surface area contributed by atoms with Gasteiger partial charge in [-0.05, 0) is 24.5 Å². The molecule has 10 heteroatoms. The molecule has 0 aliphatic heterocycles. The van der Waals surface area contributed by atoms with E-state index in [9.17, 15) is 13.2 Å². The zero-order valence-electron chi connectivity index (χ0n) is 16.9. The molecule has 29 heavy (non-hydrogen) atoms. The molecule has 3 aromatic rings. The first kappa shape index (κ1) is 20.7. The molecule has 0 amide bonds. The third-order valence-corrected chi connectivity index (χ3v) is 5.35. The van der Waals surface area contributed by atoms with E-state index in [-0.39, 0.29) is 23.1 Å². The van der Waals surface area contributed by atoms with E-state index in [1.54, 1.807) is 24.4 Å². The summed E-state index contributed by atoms with van der Waals surface area (Å²) in [6, 6.07) is 6.63. The second-order valence-corrected chi connectivity index (χ2v) is 8.95. The van der Waals surface area contributed by atoms with Crippen molar-refractivity contribution in [2.24, 2.45) is 0 Å². The standard InChI is InChI=1S/C19H23N5O4S/c1-11(2)15-10-20-24-16(15)22-19(29(5,26)27)23-18(24)21-12(3)13-8-6-7-9-14(13)17(25)28-4/h6-12H,1-5H3,(H,21,22,23). The van der Waals surface area contributed by atoms with Gasteiger partial charge in [0, 0.05) is 11.8 Å². The molecule has 154 valence electrons. The second kappa shape index (κ2) is 7.78. The summed E-state index contributed by atoms with van der Waals surface area (Å²) in [5, 5.41) is 7.20. The largest absolute Gasteiger partial charge is 0.465 e. The van der Waals surface area contributed by atoms with Crippen LogP contribution in [0.3, 0.4) is 0 Å². The van der Waals surface area contributed by atoms with Crippen molar-refractivity contribution >= 4 is 27.4 Å². The number of nitrogens with zero attached hydrogens (tertiary/aromatic N) is 4. The zero-order chi connectivity index (χ0) is 21.3. The summed E-state index contributed by atoms with van der Waals surface area (Å²) in [7, 11) is -2.32. The van der Waals surface area contributed by atoms with Gasteiger partial charge in [-0.25, -0.2) is 13.2 Å². The Bertz CT molecular complexity index is 1170. The Kier molecular flexibility index (Phi) is 5.56. The van der Waals surface area contributed by atoms with E-state index < -0.39 is 15.8 Å². The fraction of sp³-hybridized carbons (Fsp3) is 0.368. The minimum atomic E-state index is -3.64. The predicted molar refractivity (Wildman–Crippen MR) is 108 cm³/mol. The van der Waals surface area contributed by atoms with Crippen LogP contribution in [0.25, 0.3) is 5.65 Å². The van der Waals surface area contributed by atoms with Crippen LogP contribution in [-0.4, -0.2) is 47.3 Å². The number of fused-ring (bicyclic) bond motifs is 1. The Morgan fingerprint density at radius 1 is 1.14 bits per heavy atom. The lowest BCUT2D eigenvalue weighted by Crippen LogP contribution is -2.18. The monoisotopic (exact) mass is 417 g/mol. The van der Waals surface area contributed by atoms with Gasteiger partial charge in [0.25, 0.3) is 5.16 Å². The topological polar surface area (TPSA) is 116 Å². The van der Waals surface area contributed by atoms with Crippen molar-refractivity contribution < 1.29 is 17.9 Å². The molecule has 0 aliphatic carbocycles. The van der Waals surface area contributed by atoms with Crippen LogP contribution in [0.15, 0.2) is 35.6 Å². The maximum absolute atomic E-state index is 12.1. The highest BCUT2D eigenvalue weighted by molar-refractivity contribution is 7.90. The van der Waals surface area contributed by atoms with E-state index in [1.165, 1.54) is 11.6 Å². The van der Waals surface area contributed by atoms with Gasteiger partial charge < -0.3 is 10.1 Å². The molecule has 0 aliphatic rings. The zero-order valence-corrected chi connectivity index (χ0v) is 17.7. The molecule has 1 N–H and O–H groups in total. The van der Waals surface area contributed by atoms with Gasteiger partial charge in [0.05, 0.1) is 24.9 Å². The second-order valence-electron chi connectivity index (χ2n) is 7.04. The third-order valence-electron chi connectivity index (χ3n) is 4.51. The first-order valence-corrected chi connectivity index (χ1v) is 10.9. The molecule has 1 unspecified atom stereocenters. The number of rotatable bonds is 6. The third kappa shape index (κ3) is 4.07. The average molecular weight is 417 g/mol. The van der Waals surface area contributed by atoms with Crippen LogP contribution in [0.5, 0.6) is 0 Å². The van der Waals surface area contributed by atoms with Crippen molar-refractivity contribution in [2.45, 2.75) is 37.9 Å². The number of methoxy groups -OCH3 is 1. The fourth-order valence-electron chi connectivity index (χ4n) is 2.98. The molecular formula is C19H23N5O4S. The van der Waals surface area contributed by atoms with Crippen molar-refractivity contribution in [1.29, 1.82) is 0 Å². The number of esters is 1. The Labute approximate surface area is 169 Å². The van der Waals surface area contributed by atoms with Crippen molar-refractivity contribution in [3.8, 4) is 0 Å². The van der Waals surface area contributed by atoms with Gasteiger partial charge in [-0.1, -0.05) is 32.0 Å². The lowest BCUT2D eigenvalue weighted by Gasteiger charge is -2.18. The highest BCUT2D eigenvalue weighted by atomic mass is 32.2. The van der Waals surface area contributed by atoms with Gasteiger partial charge in [-0.3, -0.25) is 0 Å². The number of hydrogen-bond acceptors (Lipinski definition) is 8. The summed E-state index contributed by atoms with van der Waals surface area (Å²) < 4.78 is 30.6. The first-order chi connectivity index (χ1) is 13.6. The average Bonchev–Trinajstić information content (AvgIpc) is 3.11. The van der Waals surface area contributed by atoms with E-state index in [0.717, 1.165) is 11.8 Å². The number of sulfone groups is 1. The SMILES string of the molecule is COC(=O)c1ccccc1C(C)Nc1nc(S(C)(=O)=O)nc2c(C(C)C)cnn12. The van der Waals surface area contributed by atoms with E-state index >= 15 is 0 Å². The number of nitrogens with one attached hydrogen (secondary N) is 1. The Hall–Kier alpha value is -3.01. The van der Waals surface area contributed by atoms with Crippen LogP contribution in [0.2, 0.25) is 0 Å². The number of carbonyl (C=O) groups is 1. The van der Waals surface area contributed by atoms with Gasteiger partial charge in [-0.15, -0.1) is 0 Å². The number of anilines is 1. The van der Waals surface area contributed by atoms with Crippen molar-refractivity contribution in [3.05, 3.63) is 47.2 Å². The molecule has 2 heterocycles. The summed E-state index contributed by atoms with van der Waals surface area (Å²) in [4.78, 5) is 20.5. The summed E-state index contributed by atoms with van der Waals surface area (Å²) in [6.45, 7) is 5.78. The molecular weight excluding hydrogens is 394 g/mol. The van der Waals surface area contributed by atoms with Gasteiger partial charge in [0.2, 0.25) is 15.8 Å². The molecule has 0 bridgehead atoms. The molecule has 1 atom stereocenters. The van der Waals surface area contributed by atoms with E-state index in [4.69, 9.17) is 4.74 Å². The van der Waals surface area contributed by atoms with Crippen LogP contribution in [0.4, 0.5) is 5.95 Å². The van der Waals surface area contributed by atoms with Gasteiger partial charge in [-0.2, -0.15) is 19.6 Å². The molecule has 0 fully saturated rings. The lowest BCUT2D eigenvalue weighted by molar-refractivity contribution is 0.0599. The van der Waals surface area contributed by atoms with Crippen LogP contribution in [0.1, 0.15) is 54.2 Å². The number of benzene rings is 1. The summed E-state index contributed by atoms with van der Waals surface area (Å²) in [6.07, 6.45) is 2.71. The first-order valence-electron chi connectivity index (χ1n) is 9.03. The Balaban J connectivity index is 2.12. The summed E-state index contributed by atoms with van der Waals surface area (Å²) >= 11 is 0. The highest BCUT2D eigenvalue weighted by Gasteiger charge is 2.22. The molecule has 9 nitrogen and oxygen atoms in total. The van der Waals surface area contributed by atoms with Gasteiger partial charge >= 0.3 is 5.97 Å². The van der Waals surface area contributed by atoms with Gasteiger partial charge in [0.1, 0.15) is 0 Å². The van der Waals surface area contributed by atoms with Crippen molar-refractivity contribution in [2.75, 3.05) is 18.7 Å². The van der Waals surface area contributed by atoms with Crippen LogP contribution in [-0.2, 0) is 14.6 Å². The van der Waals surface area contributed by atoms with Crippen LogP contribution < -0.4 is 5.32 Å². The molecule has 0 saturated heterocycles. The Morgan fingerprint density at radius 2 is 1.83 bits per heavy atom. The predicted octanol–water partition coefficient (Wildman–Crippen LogP) is 2.61. The van der Waals surface area contributed by atoms with E-state index in [0.29, 0.717) is 16.8 Å². The molecule has 1 aromatic carbocycles. The maximum Gasteiger partial charge on any atom is 0.338 e. The van der Waals surface area contributed by atoms with Crippen molar-refractivity contribution in [3.63, 3.8) is 0 Å². The number of carbonyl (C=O) groups excluding carboxylic acids is 1. The van der Waals surface area contributed by atoms with E-state index in [1.807, 2.05) is 26.8 Å². The fourth-order valence-corrected chi connectivity index (χ4v) is 3.49. The molecule has 3 rings (SSSR count). The Morgan fingerprint density at radius 3 is 2.45 bits per heavy atom. The number of hydrogen-bond donors (Lipinski definition) is 1. The van der Waals surface area contributed by atoms with Crippen LogP contribution >= 0.6 is 0 Å². The quantitative estimate of drug-likeness (QED) is 0.609. The molecule has 0 spiro atoms. The van der Waals surface area contributed by atoms with E-state index in [2.05, 4.69) is 20.4 Å². The summed E-state index contributed by atoms with van der Waals surface area (Å²) in [5.41, 5.74) is 2.32. The van der Waals surface area contributed by atoms with Crippen LogP contribution in [0, 0.1) is 0 Å². The van der Waals surface area contributed by atoms with Gasteiger partial charge in [0.15, 0.2) is 5.65 Å².